The van der Waals surface area contributed by atoms with E-state index in [2.05, 4.69) is 11.0 Å². The molecule has 1 aliphatic rings. The lowest BCUT2D eigenvalue weighted by Gasteiger charge is -2.22. The molecule has 134 valence electrons. The Morgan fingerprint density at radius 3 is 2.73 bits per heavy atom. The minimum Gasteiger partial charge on any atom is -0.337 e. The van der Waals surface area contributed by atoms with E-state index in [0.29, 0.717) is 25.2 Å². The Balaban J connectivity index is 1.68. The van der Waals surface area contributed by atoms with Gasteiger partial charge < -0.3 is 9.47 Å². The second-order valence-electron chi connectivity index (χ2n) is 6.53. The van der Waals surface area contributed by atoms with E-state index < -0.39 is 0 Å². The lowest BCUT2D eigenvalue weighted by atomic mass is 10.1. The first kappa shape index (κ1) is 17.9. The standard InChI is InChI=1S/C20H22N4O2/c1-22-9-4-8-18(19(22)25)20(26)24-11-5-10-23(12-13-24)15-17-7-3-2-6-16(17)14-21/h2-4,6-9H,5,10-13,15H2,1H3. The van der Waals surface area contributed by atoms with E-state index in [1.54, 1.807) is 30.3 Å². The van der Waals surface area contributed by atoms with Crippen LogP contribution < -0.4 is 5.56 Å². The molecule has 1 amide bonds. The van der Waals surface area contributed by atoms with Crippen molar-refractivity contribution in [2.24, 2.45) is 7.05 Å². The second-order valence-corrected chi connectivity index (χ2v) is 6.53. The van der Waals surface area contributed by atoms with Gasteiger partial charge in [0, 0.05) is 46.0 Å². The zero-order valence-corrected chi connectivity index (χ0v) is 14.9. The normalized spacial score (nSPS) is 15.3. The number of hydrogen-bond acceptors (Lipinski definition) is 4. The molecule has 1 saturated heterocycles. The van der Waals surface area contributed by atoms with Gasteiger partial charge in [0.25, 0.3) is 11.5 Å². The molecule has 26 heavy (non-hydrogen) atoms. The van der Waals surface area contributed by atoms with Crippen LogP contribution in [0.5, 0.6) is 0 Å². The van der Waals surface area contributed by atoms with Crippen molar-refractivity contribution in [3.05, 3.63) is 69.6 Å². The summed E-state index contributed by atoms with van der Waals surface area (Å²) in [4.78, 5) is 28.9. The van der Waals surface area contributed by atoms with Crippen molar-refractivity contribution in [2.45, 2.75) is 13.0 Å². The molecule has 0 saturated carbocycles. The van der Waals surface area contributed by atoms with Crippen molar-refractivity contribution in [1.29, 1.82) is 5.26 Å². The van der Waals surface area contributed by atoms with E-state index >= 15 is 0 Å². The van der Waals surface area contributed by atoms with Crippen molar-refractivity contribution >= 4 is 5.91 Å². The van der Waals surface area contributed by atoms with Crippen LogP contribution in [-0.4, -0.2) is 46.5 Å². The summed E-state index contributed by atoms with van der Waals surface area (Å²) >= 11 is 0. The van der Waals surface area contributed by atoms with Crippen LogP contribution in [0.25, 0.3) is 0 Å². The molecule has 2 heterocycles. The zero-order chi connectivity index (χ0) is 18.5. The van der Waals surface area contributed by atoms with Gasteiger partial charge in [-0.15, -0.1) is 0 Å². The molecule has 0 radical (unpaired) electrons. The third-order valence-corrected chi connectivity index (χ3v) is 4.76. The Bertz CT molecular complexity index is 897. The van der Waals surface area contributed by atoms with E-state index in [1.165, 1.54) is 4.57 Å². The summed E-state index contributed by atoms with van der Waals surface area (Å²) in [5.74, 6) is -0.203. The number of aromatic nitrogens is 1. The molecule has 1 aromatic heterocycles. The van der Waals surface area contributed by atoms with Crippen LogP contribution in [0, 0.1) is 11.3 Å². The fourth-order valence-corrected chi connectivity index (χ4v) is 3.27. The maximum Gasteiger partial charge on any atom is 0.263 e. The predicted octanol–water partition coefficient (Wildman–Crippen LogP) is 1.61. The Morgan fingerprint density at radius 2 is 1.92 bits per heavy atom. The molecule has 0 atom stereocenters. The third-order valence-electron chi connectivity index (χ3n) is 4.76. The number of hydrogen-bond donors (Lipinski definition) is 0. The summed E-state index contributed by atoms with van der Waals surface area (Å²) in [6, 6.07) is 13.2. The van der Waals surface area contributed by atoms with Crippen LogP contribution >= 0.6 is 0 Å². The summed E-state index contributed by atoms with van der Waals surface area (Å²) in [5, 5.41) is 9.24. The Morgan fingerprint density at radius 1 is 1.12 bits per heavy atom. The molecule has 0 N–H and O–H groups in total. The lowest BCUT2D eigenvalue weighted by molar-refractivity contribution is 0.0758. The van der Waals surface area contributed by atoms with Crippen molar-refractivity contribution in [3.8, 4) is 6.07 Å². The molecule has 6 heteroatoms. The molecular formula is C20H22N4O2. The highest BCUT2D eigenvalue weighted by molar-refractivity contribution is 5.93. The number of carbonyl (C=O) groups excluding carboxylic acids is 1. The number of aryl methyl sites for hydroxylation is 1. The van der Waals surface area contributed by atoms with Gasteiger partial charge in [0.15, 0.2) is 0 Å². The van der Waals surface area contributed by atoms with Crippen LogP contribution in [0.3, 0.4) is 0 Å². The first-order chi connectivity index (χ1) is 12.6. The maximum atomic E-state index is 12.7. The minimum absolute atomic E-state index is 0.203. The van der Waals surface area contributed by atoms with Crippen LogP contribution in [0.2, 0.25) is 0 Å². The van der Waals surface area contributed by atoms with Crippen LogP contribution in [0.1, 0.15) is 27.9 Å². The molecule has 0 bridgehead atoms. The molecule has 1 aromatic carbocycles. The smallest absolute Gasteiger partial charge is 0.263 e. The second kappa shape index (κ2) is 7.98. The van der Waals surface area contributed by atoms with E-state index in [4.69, 9.17) is 0 Å². The Labute approximate surface area is 152 Å². The molecule has 3 rings (SSSR count). The zero-order valence-electron chi connectivity index (χ0n) is 14.9. The quantitative estimate of drug-likeness (QED) is 0.843. The van der Waals surface area contributed by atoms with Crippen molar-refractivity contribution in [1.82, 2.24) is 14.4 Å². The number of nitrogens with zero attached hydrogens (tertiary/aromatic N) is 4. The largest absolute Gasteiger partial charge is 0.337 e. The highest BCUT2D eigenvalue weighted by Crippen LogP contribution is 2.14. The van der Waals surface area contributed by atoms with E-state index in [1.807, 2.05) is 24.3 Å². The first-order valence-electron chi connectivity index (χ1n) is 8.75. The van der Waals surface area contributed by atoms with Crippen molar-refractivity contribution in [3.63, 3.8) is 0 Å². The van der Waals surface area contributed by atoms with Crippen molar-refractivity contribution < 1.29 is 4.79 Å². The van der Waals surface area contributed by atoms with Crippen LogP contribution in [-0.2, 0) is 13.6 Å². The molecule has 1 aliphatic heterocycles. The van der Waals surface area contributed by atoms with Crippen molar-refractivity contribution in [2.75, 3.05) is 26.2 Å². The molecule has 0 aliphatic carbocycles. The molecule has 1 fully saturated rings. The Kier molecular flexibility index (Phi) is 5.49. The minimum atomic E-state index is -0.262. The van der Waals surface area contributed by atoms with Gasteiger partial charge in [0.05, 0.1) is 11.6 Å². The maximum absolute atomic E-state index is 12.7. The molecule has 6 nitrogen and oxygen atoms in total. The van der Waals surface area contributed by atoms with Crippen LogP contribution in [0.15, 0.2) is 47.4 Å². The van der Waals surface area contributed by atoms with E-state index in [-0.39, 0.29) is 17.0 Å². The predicted molar refractivity (Wildman–Crippen MR) is 98.6 cm³/mol. The average Bonchev–Trinajstić information content (AvgIpc) is 2.89. The topological polar surface area (TPSA) is 69.3 Å². The van der Waals surface area contributed by atoms with Gasteiger partial charge in [-0.25, -0.2) is 0 Å². The molecule has 2 aromatic rings. The number of rotatable bonds is 3. The summed E-state index contributed by atoms with van der Waals surface area (Å²) in [7, 11) is 1.65. The number of nitriles is 1. The lowest BCUT2D eigenvalue weighted by Crippen LogP contribution is -2.38. The highest BCUT2D eigenvalue weighted by Gasteiger charge is 2.22. The highest BCUT2D eigenvalue weighted by atomic mass is 16.2. The van der Waals surface area contributed by atoms with Gasteiger partial charge in [0.1, 0.15) is 5.56 Å². The van der Waals surface area contributed by atoms with Gasteiger partial charge in [-0.2, -0.15) is 5.26 Å². The first-order valence-corrected chi connectivity index (χ1v) is 8.75. The fraction of sp³-hybridized carbons (Fsp3) is 0.350. The summed E-state index contributed by atoms with van der Waals surface area (Å²) in [5.41, 5.74) is 1.66. The third kappa shape index (κ3) is 3.84. The molecule has 0 spiro atoms. The fourth-order valence-electron chi connectivity index (χ4n) is 3.27. The number of amides is 1. The monoisotopic (exact) mass is 350 g/mol. The van der Waals surface area contributed by atoms with Gasteiger partial charge in [-0.3, -0.25) is 14.5 Å². The number of pyridine rings is 1. The average molecular weight is 350 g/mol. The van der Waals surface area contributed by atoms with Gasteiger partial charge in [-0.05, 0) is 30.2 Å². The van der Waals surface area contributed by atoms with E-state index in [9.17, 15) is 14.9 Å². The Hall–Kier alpha value is -2.91. The summed E-state index contributed by atoms with van der Waals surface area (Å²) in [6.07, 6.45) is 2.49. The van der Waals surface area contributed by atoms with E-state index in [0.717, 1.165) is 25.1 Å². The molecular weight excluding hydrogens is 328 g/mol. The summed E-state index contributed by atoms with van der Waals surface area (Å²) < 4.78 is 1.43. The van der Waals surface area contributed by atoms with Gasteiger partial charge in [0.2, 0.25) is 0 Å². The SMILES string of the molecule is Cn1cccc(C(=O)N2CCCN(Cc3ccccc3C#N)CC2)c1=O. The van der Waals surface area contributed by atoms with Crippen LogP contribution in [0.4, 0.5) is 0 Å². The number of benzene rings is 1. The summed E-state index contributed by atoms with van der Waals surface area (Å²) in [6.45, 7) is 3.48. The van der Waals surface area contributed by atoms with Gasteiger partial charge in [-0.1, -0.05) is 18.2 Å². The molecule has 0 unspecified atom stereocenters. The van der Waals surface area contributed by atoms with Gasteiger partial charge >= 0.3 is 0 Å². The number of carbonyl (C=O) groups is 1.